The Bertz CT molecular complexity index is 313. The second kappa shape index (κ2) is 5.41. The van der Waals surface area contributed by atoms with E-state index in [4.69, 9.17) is 0 Å². The zero-order valence-corrected chi connectivity index (χ0v) is 12.8. The van der Waals surface area contributed by atoms with Crippen molar-refractivity contribution in [1.29, 1.82) is 0 Å². The molecule has 0 radical (unpaired) electrons. The van der Waals surface area contributed by atoms with E-state index in [1.165, 1.54) is 25.7 Å². The number of carbonyl (C=O) groups is 1. The van der Waals surface area contributed by atoms with Gasteiger partial charge in [-0.2, -0.15) is 11.8 Å². The van der Waals surface area contributed by atoms with Crippen LogP contribution in [0.4, 0.5) is 0 Å². The standard InChI is InChI=1S/C14H26N2OS/c1-10(2)12-15-11(3)13(17)16(12)9-14(18-4)7-5-6-8-14/h10-12,15H,5-9H2,1-4H3. The molecule has 0 aromatic heterocycles. The zero-order chi connectivity index (χ0) is 13.3. The number of thioether (sulfide) groups is 1. The molecule has 104 valence electrons. The molecule has 1 aliphatic carbocycles. The Morgan fingerprint density at radius 3 is 2.56 bits per heavy atom. The lowest BCUT2D eigenvalue weighted by Crippen LogP contribution is -2.47. The Labute approximate surface area is 115 Å². The summed E-state index contributed by atoms with van der Waals surface area (Å²) in [6, 6.07) is -0.0160. The Morgan fingerprint density at radius 2 is 2.06 bits per heavy atom. The summed E-state index contributed by atoms with van der Waals surface area (Å²) in [5, 5.41) is 3.44. The smallest absolute Gasteiger partial charge is 0.240 e. The molecule has 4 heteroatoms. The molecule has 1 saturated heterocycles. The number of nitrogens with zero attached hydrogens (tertiary/aromatic N) is 1. The van der Waals surface area contributed by atoms with Crippen LogP contribution < -0.4 is 5.32 Å². The molecule has 0 bridgehead atoms. The zero-order valence-electron chi connectivity index (χ0n) is 12.0. The number of rotatable bonds is 4. The average Bonchev–Trinajstić information content (AvgIpc) is 2.90. The van der Waals surface area contributed by atoms with E-state index in [2.05, 4.69) is 30.3 Å². The van der Waals surface area contributed by atoms with Crippen molar-refractivity contribution in [2.24, 2.45) is 5.92 Å². The molecule has 1 aliphatic heterocycles. The fraction of sp³-hybridized carbons (Fsp3) is 0.929. The summed E-state index contributed by atoms with van der Waals surface area (Å²) in [6.45, 7) is 7.29. The van der Waals surface area contributed by atoms with Gasteiger partial charge < -0.3 is 4.90 Å². The molecule has 2 aliphatic rings. The molecule has 1 amide bonds. The molecular weight excluding hydrogens is 244 g/mol. The number of hydrogen-bond donors (Lipinski definition) is 1. The Balaban J connectivity index is 2.12. The third-order valence-electron chi connectivity index (χ3n) is 4.45. The van der Waals surface area contributed by atoms with Crippen LogP contribution in [0.5, 0.6) is 0 Å². The Hall–Kier alpha value is -0.220. The van der Waals surface area contributed by atoms with E-state index in [1.807, 2.05) is 18.7 Å². The molecule has 0 spiro atoms. The lowest BCUT2D eigenvalue weighted by Gasteiger charge is -2.36. The number of nitrogens with one attached hydrogen (secondary N) is 1. The quantitative estimate of drug-likeness (QED) is 0.852. The third kappa shape index (κ3) is 2.55. The molecule has 1 N–H and O–H groups in total. The van der Waals surface area contributed by atoms with E-state index in [0.29, 0.717) is 10.7 Å². The molecule has 18 heavy (non-hydrogen) atoms. The minimum atomic E-state index is -0.0160. The summed E-state index contributed by atoms with van der Waals surface area (Å²) < 4.78 is 0.314. The van der Waals surface area contributed by atoms with Crippen LogP contribution in [0.1, 0.15) is 46.5 Å². The van der Waals surface area contributed by atoms with Crippen molar-refractivity contribution in [2.45, 2.75) is 63.4 Å². The van der Waals surface area contributed by atoms with Crippen LogP contribution in [0.2, 0.25) is 0 Å². The van der Waals surface area contributed by atoms with Crippen molar-refractivity contribution in [3.05, 3.63) is 0 Å². The monoisotopic (exact) mass is 270 g/mol. The van der Waals surface area contributed by atoms with Crippen LogP contribution >= 0.6 is 11.8 Å². The van der Waals surface area contributed by atoms with Gasteiger partial charge >= 0.3 is 0 Å². The highest BCUT2D eigenvalue weighted by atomic mass is 32.2. The topological polar surface area (TPSA) is 32.3 Å². The van der Waals surface area contributed by atoms with Crippen LogP contribution in [0.25, 0.3) is 0 Å². The SMILES string of the molecule is CSC1(CN2C(=O)C(C)NC2C(C)C)CCCC1. The van der Waals surface area contributed by atoms with Gasteiger partial charge in [0.25, 0.3) is 0 Å². The van der Waals surface area contributed by atoms with Gasteiger partial charge in [0.2, 0.25) is 5.91 Å². The molecule has 1 heterocycles. The first kappa shape index (κ1) is 14.2. The first-order valence-corrected chi connectivity index (χ1v) is 8.33. The van der Waals surface area contributed by atoms with Crippen LogP contribution in [0.3, 0.4) is 0 Å². The predicted molar refractivity (Wildman–Crippen MR) is 77.7 cm³/mol. The minimum Gasteiger partial charge on any atom is -0.324 e. The Morgan fingerprint density at radius 1 is 1.44 bits per heavy atom. The van der Waals surface area contributed by atoms with Crippen molar-refractivity contribution in [2.75, 3.05) is 12.8 Å². The molecule has 0 aromatic carbocycles. The van der Waals surface area contributed by atoms with E-state index in [-0.39, 0.29) is 18.1 Å². The van der Waals surface area contributed by atoms with Gasteiger partial charge in [0, 0.05) is 11.3 Å². The predicted octanol–water partition coefficient (Wildman–Crippen LogP) is 2.46. The minimum absolute atomic E-state index is 0.0160. The lowest BCUT2D eigenvalue weighted by atomic mass is 10.0. The molecule has 2 unspecified atom stereocenters. The van der Waals surface area contributed by atoms with Gasteiger partial charge in [-0.05, 0) is 31.9 Å². The highest BCUT2D eigenvalue weighted by molar-refractivity contribution is 8.00. The van der Waals surface area contributed by atoms with Crippen molar-refractivity contribution >= 4 is 17.7 Å². The van der Waals surface area contributed by atoms with Gasteiger partial charge in [-0.1, -0.05) is 26.7 Å². The van der Waals surface area contributed by atoms with E-state index >= 15 is 0 Å². The maximum Gasteiger partial charge on any atom is 0.240 e. The lowest BCUT2D eigenvalue weighted by molar-refractivity contribution is -0.130. The highest BCUT2D eigenvalue weighted by Crippen LogP contribution is 2.41. The summed E-state index contributed by atoms with van der Waals surface area (Å²) in [5.74, 6) is 0.758. The van der Waals surface area contributed by atoms with Gasteiger partial charge in [0.05, 0.1) is 12.2 Å². The van der Waals surface area contributed by atoms with E-state index in [1.54, 1.807) is 0 Å². The summed E-state index contributed by atoms with van der Waals surface area (Å²) in [5.41, 5.74) is 0. The molecule has 0 aromatic rings. The molecule has 1 saturated carbocycles. The van der Waals surface area contributed by atoms with Crippen molar-refractivity contribution in [1.82, 2.24) is 10.2 Å². The summed E-state index contributed by atoms with van der Waals surface area (Å²) in [7, 11) is 0. The molecular formula is C14H26N2OS. The molecule has 2 rings (SSSR count). The summed E-state index contributed by atoms with van der Waals surface area (Å²) in [4.78, 5) is 14.4. The van der Waals surface area contributed by atoms with Crippen molar-refractivity contribution < 1.29 is 4.79 Å². The number of carbonyl (C=O) groups excluding carboxylic acids is 1. The van der Waals surface area contributed by atoms with Gasteiger partial charge in [-0.25, -0.2) is 0 Å². The number of hydrogen-bond acceptors (Lipinski definition) is 3. The highest BCUT2D eigenvalue weighted by Gasteiger charge is 2.43. The maximum atomic E-state index is 12.3. The van der Waals surface area contributed by atoms with Crippen molar-refractivity contribution in [3.63, 3.8) is 0 Å². The normalized spacial score (nSPS) is 31.6. The average molecular weight is 270 g/mol. The first-order valence-electron chi connectivity index (χ1n) is 7.11. The second-order valence-corrected chi connectivity index (χ2v) is 7.41. The second-order valence-electron chi connectivity index (χ2n) is 6.14. The van der Waals surface area contributed by atoms with Gasteiger partial charge in [0.1, 0.15) is 0 Å². The van der Waals surface area contributed by atoms with E-state index in [9.17, 15) is 4.79 Å². The van der Waals surface area contributed by atoms with E-state index in [0.717, 1.165) is 6.54 Å². The molecule has 2 atom stereocenters. The number of amides is 1. The van der Waals surface area contributed by atoms with Gasteiger partial charge in [-0.15, -0.1) is 0 Å². The fourth-order valence-corrected chi connectivity index (χ4v) is 4.25. The van der Waals surface area contributed by atoms with Crippen LogP contribution in [-0.2, 0) is 4.79 Å². The maximum absolute atomic E-state index is 12.3. The molecule has 2 fully saturated rings. The largest absolute Gasteiger partial charge is 0.324 e. The summed E-state index contributed by atoms with van der Waals surface area (Å²) in [6.07, 6.45) is 7.58. The van der Waals surface area contributed by atoms with Gasteiger partial charge in [-0.3, -0.25) is 10.1 Å². The fourth-order valence-electron chi connectivity index (χ4n) is 3.29. The van der Waals surface area contributed by atoms with E-state index < -0.39 is 0 Å². The molecule has 3 nitrogen and oxygen atoms in total. The van der Waals surface area contributed by atoms with Crippen LogP contribution in [0.15, 0.2) is 0 Å². The third-order valence-corrected chi connectivity index (χ3v) is 5.85. The van der Waals surface area contributed by atoms with Crippen LogP contribution in [-0.4, -0.2) is 40.6 Å². The van der Waals surface area contributed by atoms with Crippen LogP contribution in [0, 0.1) is 5.92 Å². The van der Waals surface area contributed by atoms with Crippen molar-refractivity contribution in [3.8, 4) is 0 Å². The summed E-state index contributed by atoms with van der Waals surface area (Å²) >= 11 is 1.96. The first-order chi connectivity index (χ1) is 8.49. The Kier molecular flexibility index (Phi) is 4.27. The van der Waals surface area contributed by atoms with Gasteiger partial charge in [0.15, 0.2) is 0 Å².